The van der Waals surface area contributed by atoms with Gasteiger partial charge in [0, 0.05) is 19.2 Å². The molecule has 1 aliphatic heterocycles. The zero-order chi connectivity index (χ0) is 21.7. The molecule has 0 saturated heterocycles. The maximum absolute atomic E-state index is 13.8. The lowest BCUT2D eigenvalue weighted by atomic mass is 9.96. The van der Waals surface area contributed by atoms with Crippen molar-refractivity contribution >= 4 is 24.0 Å². The van der Waals surface area contributed by atoms with E-state index in [0.29, 0.717) is 5.57 Å². The van der Waals surface area contributed by atoms with Gasteiger partial charge in [-0.2, -0.15) is 0 Å². The van der Waals surface area contributed by atoms with Gasteiger partial charge in [0.05, 0.1) is 25.5 Å². The van der Waals surface area contributed by atoms with Crippen LogP contribution in [0.3, 0.4) is 0 Å². The first-order chi connectivity index (χ1) is 14.4. The first-order valence-electron chi connectivity index (χ1n) is 9.73. The number of amides is 2. The number of hydrogen-bond donors (Lipinski definition) is 3. The summed E-state index contributed by atoms with van der Waals surface area (Å²) in [6.07, 6.45) is 2.82. The van der Waals surface area contributed by atoms with E-state index in [-0.39, 0.29) is 25.5 Å². The number of aliphatic imine (C=N–C) groups is 2. The number of nitrogens with zero attached hydrogens (tertiary/aromatic N) is 3. The van der Waals surface area contributed by atoms with Gasteiger partial charge in [-0.25, -0.2) is 18.6 Å². The average Bonchev–Trinajstić information content (AvgIpc) is 2.81. The summed E-state index contributed by atoms with van der Waals surface area (Å²) in [6, 6.07) is 4.56. The summed E-state index contributed by atoms with van der Waals surface area (Å²) in [7, 11) is 1.56. The smallest absolute Gasteiger partial charge is 0.329 e. The van der Waals surface area contributed by atoms with Crippen LogP contribution in [0.4, 0.5) is 19.3 Å². The van der Waals surface area contributed by atoms with E-state index in [4.69, 9.17) is 0 Å². The summed E-state index contributed by atoms with van der Waals surface area (Å²) in [5, 5.41) is 15.2. The monoisotopic (exact) mass is 417 g/mol. The number of hydrogen-bond acceptors (Lipinski definition) is 5. The fourth-order valence-electron chi connectivity index (χ4n) is 3.22. The Hall–Kier alpha value is -3.07. The van der Waals surface area contributed by atoms with E-state index in [9.17, 15) is 18.7 Å². The third-order valence-electron chi connectivity index (χ3n) is 5.06. The highest BCUT2D eigenvalue weighted by Gasteiger charge is 2.25. The summed E-state index contributed by atoms with van der Waals surface area (Å²) >= 11 is 0. The number of rotatable bonds is 4. The number of allylic oxidation sites excluding steroid dienone is 3. The molecule has 7 nitrogen and oxygen atoms in total. The molecule has 2 atom stereocenters. The summed E-state index contributed by atoms with van der Waals surface area (Å²) in [4.78, 5) is 22.5. The van der Waals surface area contributed by atoms with Crippen molar-refractivity contribution in [2.24, 2.45) is 9.98 Å². The van der Waals surface area contributed by atoms with Gasteiger partial charge in [0.25, 0.3) is 0 Å². The number of urea groups is 1. The minimum absolute atomic E-state index is 0.106. The van der Waals surface area contributed by atoms with Gasteiger partial charge >= 0.3 is 6.03 Å². The van der Waals surface area contributed by atoms with Gasteiger partial charge in [-0.05, 0) is 35.3 Å². The van der Waals surface area contributed by atoms with Gasteiger partial charge in [0.2, 0.25) is 5.96 Å². The number of nitrogens with one attached hydrogen (secondary N) is 2. The molecule has 1 aromatic rings. The molecule has 0 bridgehead atoms. The van der Waals surface area contributed by atoms with Gasteiger partial charge in [-0.15, -0.1) is 0 Å². The molecule has 1 aliphatic carbocycles. The van der Waals surface area contributed by atoms with E-state index < -0.39 is 24.1 Å². The Morgan fingerprint density at radius 3 is 2.87 bits per heavy atom. The van der Waals surface area contributed by atoms with Crippen molar-refractivity contribution in [3.05, 3.63) is 52.9 Å². The minimum atomic E-state index is -1.69. The molecule has 1 heterocycles. The fraction of sp³-hybridized carbons (Fsp3) is 0.381. The molecular weight excluding hydrogens is 392 g/mol. The number of aryl methyl sites for hydroxylation is 1. The van der Waals surface area contributed by atoms with Crippen LogP contribution < -0.4 is 10.6 Å². The van der Waals surface area contributed by atoms with Crippen molar-refractivity contribution in [2.75, 3.05) is 18.9 Å². The summed E-state index contributed by atoms with van der Waals surface area (Å²) in [5.41, 5.74) is 3.04. The highest BCUT2D eigenvalue weighted by atomic mass is 19.2. The average molecular weight is 417 g/mol. The largest absolute Gasteiger partial charge is 0.392 e. The maximum atomic E-state index is 13.8. The number of carbonyl (C=O) groups excluding carboxylic acids is 1. The molecule has 0 spiro atoms. The standard InChI is InChI=1S/C21H25F2N5O2/c1-3-14-5-4-13(11-29)8-18(14)27-20-24-10-19(25-12-26-21(30)28(20)2)15-6-7-16(22)17(23)9-15/h4-8,12,17,19,29H,3,9-11H2,1-2H3,(H,24,27)(H,25,26,30). The predicted octanol–water partition coefficient (Wildman–Crippen LogP) is 3.08. The van der Waals surface area contributed by atoms with Crippen LogP contribution in [-0.2, 0) is 13.0 Å². The van der Waals surface area contributed by atoms with E-state index in [1.807, 2.05) is 19.1 Å². The molecule has 3 N–H and O–H groups in total. The van der Waals surface area contributed by atoms with E-state index in [1.54, 1.807) is 13.1 Å². The Morgan fingerprint density at radius 1 is 1.37 bits per heavy atom. The molecule has 0 fully saturated rings. The van der Waals surface area contributed by atoms with Gasteiger partial charge in [0.1, 0.15) is 5.83 Å². The van der Waals surface area contributed by atoms with Crippen molar-refractivity contribution in [2.45, 2.75) is 38.6 Å². The van der Waals surface area contributed by atoms with Crippen LogP contribution >= 0.6 is 0 Å². The summed E-state index contributed by atoms with van der Waals surface area (Å²) < 4.78 is 27.2. The third-order valence-corrected chi connectivity index (χ3v) is 5.06. The van der Waals surface area contributed by atoms with Crippen LogP contribution in [0, 0.1) is 0 Å². The van der Waals surface area contributed by atoms with Gasteiger partial charge in [-0.1, -0.05) is 25.1 Å². The van der Waals surface area contributed by atoms with E-state index in [2.05, 4.69) is 20.6 Å². The first-order valence-corrected chi connectivity index (χ1v) is 9.73. The Kier molecular flexibility index (Phi) is 6.94. The maximum Gasteiger partial charge on any atom is 0.329 e. The van der Waals surface area contributed by atoms with Crippen LogP contribution in [0.5, 0.6) is 0 Å². The SMILES string of the molecule is CCc1ccc(CO)cc1NC1=NCC(C2=CC=C(F)C(F)C2)N=CNC(=O)N1C. The van der Waals surface area contributed by atoms with Crippen LogP contribution in [0.1, 0.15) is 24.5 Å². The lowest BCUT2D eigenvalue weighted by Crippen LogP contribution is -2.43. The Morgan fingerprint density at radius 2 is 2.17 bits per heavy atom. The molecule has 3 rings (SSSR count). The molecule has 0 radical (unpaired) electrons. The number of halogens is 2. The molecule has 1 aromatic carbocycles. The van der Waals surface area contributed by atoms with E-state index in [0.717, 1.165) is 29.3 Å². The number of benzene rings is 1. The van der Waals surface area contributed by atoms with Crippen molar-refractivity contribution in [1.29, 1.82) is 0 Å². The topological polar surface area (TPSA) is 89.3 Å². The molecule has 0 aromatic heterocycles. The van der Waals surface area contributed by atoms with Crippen LogP contribution in [0.25, 0.3) is 0 Å². The second kappa shape index (κ2) is 9.62. The lowest BCUT2D eigenvalue weighted by Gasteiger charge is -2.22. The summed E-state index contributed by atoms with van der Waals surface area (Å²) in [5.74, 6) is -0.525. The Balaban J connectivity index is 1.91. The van der Waals surface area contributed by atoms with E-state index in [1.165, 1.54) is 17.3 Å². The van der Waals surface area contributed by atoms with Gasteiger partial charge in [-0.3, -0.25) is 15.2 Å². The highest BCUT2D eigenvalue weighted by molar-refractivity contribution is 6.06. The quantitative estimate of drug-likeness (QED) is 0.703. The number of carbonyl (C=O) groups is 1. The molecule has 2 aliphatic rings. The molecule has 160 valence electrons. The zero-order valence-electron chi connectivity index (χ0n) is 16.9. The van der Waals surface area contributed by atoms with Gasteiger partial charge in [0.15, 0.2) is 6.17 Å². The molecule has 0 saturated carbocycles. The zero-order valence-corrected chi connectivity index (χ0v) is 16.9. The molecule has 30 heavy (non-hydrogen) atoms. The van der Waals surface area contributed by atoms with Crippen LogP contribution in [0.2, 0.25) is 0 Å². The summed E-state index contributed by atoms with van der Waals surface area (Å²) in [6.45, 7) is 2.04. The second-order valence-corrected chi connectivity index (χ2v) is 7.06. The van der Waals surface area contributed by atoms with Crippen LogP contribution in [-0.4, -0.2) is 54.1 Å². The Bertz CT molecular complexity index is 926. The van der Waals surface area contributed by atoms with Gasteiger partial charge < -0.3 is 10.4 Å². The highest BCUT2D eigenvalue weighted by Crippen LogP contribution is 2.26. The third kappa shape index (κ3) is 4.91. The molecule has 2 unspecified atom stereocenters. The molecule has 9 heteroatoms. The number of anilines is 1. The number of aliphatic hydroxyl groups is 1. The van der Waals surface area contributed by atoms with Crippen molar-refractivity contribution in [1.82, 2.24) is 10.2 Å². The predicted molar refractivity (Wildman–Crippen MR) is 113 cm³/mol. The lowest BCUT2D eigenvalue weighted by molar-refractivity contribution is 0.231. The number of aliphatic hydroxyl groups excluding tert-OH is 1. The van der Waals surface area contributed by atoms with Crippen molar-refractivity contribution in [3.63, 3.8) is 0 Å². The minimum Gasteiger partial charge on any atom is -0.392 e. The number of guanidine groups is 1. The first kappa shape index (κ1) is 21.6. The number of alkyl halides is 1. The molecule has 2 amide bonds. The van der Waals surface area contributed by atoms with Crippen molar-refractivity contribution in [3.8, 4) is 0 Å². The van der Waals surface area contributed by atoms with Crippen molar-refractivity contribution < 1.29 is 18.7 Å². The van der Waals surface area contributed by atoms with E-state index >= 15 is 0 Å². The fourth-order valence-corrected chi connectivity index (χ4v) is 3.22. The van der Waals surface area contributed by atoms with Crippen LogP contribution in [0.15, 0.2) is 51.7 Å². The molecular formula is C21H25F2N5O2. The normalized spacial score (nSPS) is 22.2. The Labute approximate surface area is 173 Å². The second-order valence-electron chi connectivity index (χ2n) is 7.06.